The Balaban J connectivity index is 3.31. The normalized spacial score (nSPS) is 8.33. The molecule has 1 aromatic rings. The molecule has 0 spiro atoms. The first-order chi connectivity index (χ1) is 5.77. The SMILES string of the molecule is C#Cc1cc(F)ccc1N=C=O. The molecular weight excluding hydrogens is 157 g/mol. The first-order valence-corrected chi connectivity index (χ1v) is 3.12. The van der Waals surface area contributed by atoms with Gasteiger partial charge in [-0.1, -0.05) is 5.92 Å². The van der Waals surface area contributed by atoms with Gasteiger partial charge in [-0.25, -0.2) is 9.18 Å². The molecule has 0 aliphatic carbocycles. The van der Waals surface area contributed by atoms with Gasteiger partial charge in [0.1, 0.15) is 5.82 Å². The third-order valence-electron chi connectivity index (χ3n) is 1.28. The van der Waals surface area contributed by atoms with Gasteiger partial charge < -0.3 is 0 Å². The number of aliphatic imine (C=N–C) groups is 1. The molecular formula is C9H4FNO. The second kappa shape index (κ2) is 3.47. The molecule has 1 aromatic carbocycles. The highest BCUT2D eigenvalue weighted by Gasteiger charge is 1.99. The summed E-state index contributed by atoms with van der Waals surface area (Å²) in [6, 6.07) is 3.64. The van der Waals surface area contributed by atoms with Crippen LogP contribution in [-0.4, -0.2) is 6.08 Å². The number of hydrogen-bond donors (Lipinski definition) is 0. The Morgan fingerprint density at radius 1 is 1.50 bits per heavy atom. The van der Waals surface area contributed by atoms with Crippen LogP contribution in [0.3, 0.4) is 0 Å². The molecule has 2 nitrogen and oxygen atoms in total. The van der Waals surface area contributed by atoms with Crippen LogP contribution in [0.25, 0.3) is 0 Å². The van der Waals surface area contributed by atoms with Gasteiger partial charge in [0.05, 0.1) is 11.3 Å². The summed E-state index contributed by atoms with van der Waals surface area (Å²) < 4.78 is 12.5. The molecule has 0 N–H and O–H groups in total. The van der Waals surface area contributed by atoms with E-state index >= 15 is 0 Å². The lowest BCUT2D eigenvalue weighted by Gasteiger charge is -1.94. The third kappa shape index (κ3) is 1.57. The monoisotopic (exact) mass is 161 g/mol. The predicted molar refractivity (Wildman–Crippen MR) is 42.1 cm³/mol. The van der Waals surface area contributed by atoms with E-state index in [9.17, 15) is 9.18 Å². The van der Waals surface area contributed by atoms with Gasteiger partial charge in [0.2, 0.25) is 6.08 Å². The molecule has 0 aliphatic heterocycles. The fraction of sp³-hybridized carbons (Fsp3) is 0. The Bertz CT molecular complexity index is 386. The van der Waals surface area contributed by atoms with E-state index < -0.39 is 5.82 Å². The molecule has 0 fully saturated rings. The summed E-state index contributed by atoms with van der Waals surface area (Å²) >= 11 is 0. The van der Waals surface area contributed by atoms with Crippen molar-refractivity contribution >= 4 is 11.8 Å². The number of nitrogens with zero attached hydrogens (tertiary/aromatic N) is 1. The molecule has 0 radical (unpaired) electrons. The van der Waals surface area contributed by atoms with Crippen molar-refractivity contribution in [1.82, 2.24) is 0 Å². The third-order valence-corrected chi connectivity index (χ3v) is 1.28. The molecule has 0 amide bonds. The van der Waals surface area contributed by atoms with Crippen LogP contribution < -0.4 is 0 Å². The van der Waals surface area contributed by atoms with Gasteiger partial charge in [-0.2, -0.15) is 4.99 Å². The van der Waals surface area contributed by atoms with Gasteiger partial charge in [-0.3, -0.25) is 0 Å². The molecule has 58 valence electrons. The van der Waals surface area contributed by atoms with Crippen molar-refractivity contribution in [2.75, 3.05) is 0 Å². The number of rotatable bonds is 1. The molecule has 0 aliphatic rings. The summed E-state index contributed by atoms with van der Waals surface area (Å²) in [5.41, 5.74) is 0.507. The van der Waals surface area contributed by atoms with Crippen LogP contribution in [-0.2, 0) is 4.79 Å². The average molecular weight is 161 g/mol. The topological polar surface area (TPSA) is 29.4 Å². The van der Waals surface area contributed by atoms with Crippen LogP contribution in [0.1, 0.15) is 5.56 Å². The Morgan fingerprint density at radius 2 is 2.25 bits per heavy atom. The summed E-state index contributed by atoms with van der Waals surface area (Å²) in [4.78, 5) is 13.2. The number of hydrogen-bond acceptors (Lipinski definition) is 2. The molecule has 0 unspecified atom stereocenters. The number of terminal acetylenes is 1. The van der Waals surface area contributed by atoms with Gasteiger partial charge in [-0.15, -0.1) is 6.42 Å². The van der Waals surface area contributed by atoms with Crippen molar-refractivity contribution in [3.05, 3.63) is 29.6 Å². The molecule has 0 saturated heterocycles. The fourth-order valence-corrected chi connectivity index (χ4v) is 0.771. The second-order valence-electron chi connectivity index (χ2n) is 2.01. The first-order valence-electron chi connectivity index (χ1n) is 3.12. The summed E-state index contributed by atoms with van der Waals surface area (Å²) in [5, 5.41) is 0. The van der Waals surface area contributed by atoms with Crippen LogP contribution in [0.5, 0.6) is 0 Å². The summed E-state index contributed by atoms with van der Waals surface area (Å²) in [6.07, 6.45) is 6.38. The Labute approximate surface area is 68.7 Å². The van der Waals surface area contributed by atoms with Gasteiger partial charge in [0.25, 0.3) is 0 Å². The number of benzene rings is 1. The number of halogens is 1. The highest BCUT2D eigenvalue weighted by Crippen LogP contribution is 2.18. The molecule has 1 rings (SSSR count). The van der Waals surface area contributed by atoms with Crippen LogP contribution in [0, 0.1) is 18.2 Å². The van der Waals surface area contributed by atoms with Gasteiger partial charge in [0.15, 0.2) is 0 Å². The maximum atomic E-state index is 12.5. The highest BCUT2D eigenvalue weighted by atomic mass is 19.1. The largest absolute Gasteiger partial charge is 0.240 e. The molecule has 0 bridgehead atoms. The van der Waals surface area contributed by atoms with Crippen molar-refractivity contribution in [3.63, 3.8) is 0 Å². The minimum Gasteiger partial charge on any atom is -0.211 e. The molecule has 3 heteroatoms. The number of isocyanates is 1. The van der Waals surface area contributed by atoms with Crippen LogP contribution in [0.4, 0.5) is 10.1 Å². The molecule has 0 atom stereocenters. The number of carbonyl (C=O) groups excluding carboxylic acids is 1. The van der Waals surface area contributed by atoms with Gasteiger partial charge in [0, 0.05) is 0 Å². The van der Waals surface area contributed by atoms with E-state index in [2.05, 4.69) is 10.9 Å². The summed E-state index contributed by atoms with van der Waals surface area (Å²) in [5.74, 6) is 1.76. The van der Waals surface area contributed by atoms with Crippen molar-refractivity contribution in [2.24, 2.45) is 4.99 Å². The van der Waals surface area contributed by atoms with Crippen LogP contribution >= 0.6 is 0 Å². The zero-order valence-electron chi connectivity index (χ0n) is 6.04. The summed E-state index contributed by atoms with van der Waals surface area (Å²) in [7, 11) is 0. The van der Waals surface area contributed by atoms with Crippen molar-refractivity contribution in [1.29, 1.82) is 0 Å². The van der Waals surface area contributed by atoms with Crippen LogP contribution in [0.2, 0.25) is 0 Å². The quantitative estimate of drug-likeness (QED) is 0.350. The lowest BCUT2D eigenvalue weighted by Crippen LogP contribution is -1.78. The molecule has 0 saturated carbocycles. The van der Waals surface area contributed by atoms with E-state index in [1.165, 1.54) is 18.2 Å². The van der Waals surface area contributed by atoms with Gasteiger partial charge in [-0.05, 0) is 18.2 Å². The lowest BCUT2D eigenvalue weighted by atomic mass is 10.2. The van der Waals surface area contributed by atoms with Crippen molar-refractivity contribution < 1.29 is 9.18 Å². The minimum absolute atomic E-state index is 0.248. The van der Waals surface area contributed by atoms with Crippen molar-refractivity contribution in [2.45, 2.75) is 0 Å². The standard InChI is InChI=1S/C9H4FNO/c1-2-7-5-8(10)3-4-9(7)11-6-12/h1,3-5H. The van der Waals surface area contributed by atoms with E-state index in [0.717, 1.165) is 6.07 Å². The fourth-order valence-electron chi connectivity index (χ4n) is 0.771. The zero-order valence-corrected chi connectivity index (χ0v) is 6.04. The van der Waals surface area contributed by atoms with Crippen LogP contribution in [0.15, 0.2) is 23.2 Å². The highest BCUT2D eigenvalue weighted by molar-refractivity contribution is 5.59. The average Bonchev–Trinajstić information content (AvgIpc) is 2.08. The Kier molecular flexibility index (Phi) is 2.37. The Morgan fingerprint density at radius 3 is 2.83 bits per heavy atom. The van der Waals surface area contributed by atoms with Gasteiger partial charge >= 0.3 is 0 Å². The maximum Gasteiger partial charge on any atom is 0.240 e. The van der Waals surface area contributed by atoms with E-state index in [1.807, 2.05) is 0 Å². The van der Waals surface area contributed by atoms with E-state index in [4.69, 9.17) is 6.42 Å². The summed E-state index contributed by atoms with van der Waals surface area (Å²) in [6.45, 7) is 0. The van der Waals surface area contributed by atoms with Crippen molar-refractivity contribution in [3.8, 4) is 12.3 Å². The maximum absolute atomic E-state index is 12.5. The zero-order chi connectivity index (χ0) is 8.97. The molecule has 12 heavy (non-hydrogen) atoms. The first kappa shape index (κ1) is 8.19. The van der Waals surface area contributed by atoms with E-state index in [1.54, 1.807) is 0 Å². The predicted octanol–water partition coefficient (Wildman–Crippen LogP) is 1.77. The Hall–Kier alpha value is -1.91. The second-order valence-corrected chi connectivity index (χ2v) is 2.01. The van der Waals surface area contributed by atoms with E-state index in [0.29, 0.717) is 0 Å². The lowest BCUT2D eigenvalue weighted by molar-refractivity contribution is 0.565. The minimum atomic E-state index is -0.451. The van der Waals surface area contributed by atoms with E-state index in [-0.39, 0.29) is 11.3 Å². The molecule has 0 heterocycles. The molecule has 0 aromatic heterocycles. The smallest absolute Gasteiger partial charge is 0.211 e.